The van der Waals surface area contributed by atoms with Crippen LogP contribution in [0, 0.1) is 11.6 Å². The Bertz CT molecular complexity index is 415. The molecule has 0 heterocycles. The monoisotopic (exact) mass is 225 g/mol. The Morgan fingerprint density at radius 2 is 2.12 bits per heavy atom. The van der Waals surface area contributed by atoms with Gasteiger partial charge in [-0.3, -0.25) is 4.79 Å². The molecule has 0 aliphatic carbocycles. The van der Waals surface area contributed by atoms with Crippen LogP contribution in [-0.2, 0) is 4.79 Å². The van der Waals surface area contributed by atoms with E-state index in [1.807, 2.05) is 0 Å². The molecule has 2 nitrogen and oxygen atoms in total. The molecule has 0 bridgehead atoms. The van der Waals surface area contributed by atoms with Gasteiger partial charge in [0.15, 0.2) is 0 Å². The molecule has 1 atom stereocenters. The third-order valence-electron chi connectivity index (χ3n) is 2.11. The molecule has 1 rings (SSSR count). The molecule has 0 aliphatic rings. The third kappa shape index (κ3) is 3.15. The first-order valence-corrected chi connectivity index (χ1v) is 4.92. The molecule has 0 radical (unpaired) electrons. The first kappa shape index (κ1) is 12.4. The second kappa shape index (κ2) is 5.39. The van der Waals surface area contributed by atoms with Gasteiger partial charge < -0.3 is 5.32 Å². The lowest BCUT2D eigenvalue weighted by Crippen LogP contribution is -2.25. The molecule has 0 saturated carbocycles. The molecule has 1 N–H and O–H groups in total. The molecule has 0 spiro atoms. The van der Waals surface area contributed by atoms with Crippen molar-refractivity contribution in [3.63, 3.8) is 0 Å². The number of hydrogen-bond donors (Lipinski definition) is 1. The predicted octanol–water partition coefficient (Wildman–Crippen LogP) is 2.72. The topological polar surface area (TPSA) is 29.1 Å². The summed E-state index contributed by atoms with van der Waals surface area (Å²) in [6, 6.07) is 2.79. The van der Waals surface area contributed by atoms with Crippen molar-refractivity contribution >= 4 is 5.91 Å². The Morgan fingerprint density at radius 3 is 2.69 bits per heavy atom. The molecule has 1 aromatic carbocycles. The Morgan fingerprint density at radius 1 is 1.44 bits per heavy atom. The van der Waals surface area contributed by atoms with Crippen molar-refractivity contribution in [1.82, 2.24) is 5.32 Å². The Hall–Kier alpha value is -1.71. The number of carbonyl (C=O) groups excluding carboxylic acids is 1. The van der Waals surface area contributed by atoms with E-state index in [4.69, 9.17) is 0 Å². The van der Waals surface area contributed by atoms with Gasteiger partial charge >= 0.3 is 0 Å². The van der Waals surface area contributed by atoms with Crippen LogP contribution < -0.4 is 5.32 Å². The molecule has 4 heteroatoms. The number of amides is 1. The molecule has 0 aliphatic heterocycles. The van der Waals surface area contributed by atoms with E-state index in [-0.39, 0.29) is 11.5 Å². The fraction of sp³-hybridized carbons (Fsp3) is 0.250. The summed E-state index contributed by atoms with van der Waals surface area (Å²) in [6.07, 6.45) is 2.93. The predicted molar refractivity (Wildman–Crippen MR) is 57.7 cm³/mol. The molecular formula is C12H13F2NO. The van der Waals surface area contributed by atoms with Crippen LogP contribution in [0.3, 0.4) is 0 Å². The van der Waals surface area contributed by atoms with Gasteiger partial charge in [0, 0.05) is 11.6 Å². The van der Waals surface area contributed by atoms with Crippen LogP contribution in [0.25, 0.3) is 0 Å². The average molecular weight is 225 g/mol. The molecule has 0 fully saturated rings. The van der Waals surface area contributed by atoms with Crippen LogP contribution in [0.15, 0.2) is 30.4 Å². The maximum atomic E-state index is 13.3. The Labute approximate surface area is 93.0 Å². The number of nitrogens with one attached hydrogen (secondary N) is 1. The highest BCUT2D eigenvalue weighted by atomic mass is 19.1. The van der Waals surface area contributed by atoms with E-state index in [1.165, 1.54) is 12.1 Å². The van der Waals surface area contributed by atoms with Crippen LogP contribution in [0.2, 0.25) is 0 Å². The molecular weight excluding hydrogens is 212 g/mol. The molecule has 1 amide bonds. The lowest BCUT2D eigenvalue weighted by atomic mass is 10.1. The summed E-state index contributed by atoms with van der Waals surface area (Å²) in [4.78, 5) is 11.2. The van der Waals surface area contributed by atoms with Gasteiger partial charge in [0.05, 0.1) is 6.04 Å². The van der Waals surface area contributed by atoms with E-state index in [0.717, 1.165) is 12.1 Å². The highest BCUT2D eigenvalue weighted by molar-refractivity contribution is 5.87. The van der Waals surface area contributed by atoms with Crippen molar-refractivity contribution in [3.8, 4) is 0 Å². The van der Waals surface area contributed by atoms with Gasteiger partial charge in [0.1, 0.15) is 11.6 Å². The van der Waals surface area contributed by atoms with Crippen LogP contribution in [-0.4, -0.2) is 5.91 Å². The zero-order chi connectivity index (χ0) is 12.1. The van der Waals surface area contributed by atoms with Crippen molar-refractivity contribution in [2.24, 2.45) is 0 Å². The van der Waals surface area contributed by atoms with Gasteiger partial charge in [0.2, 0.25) is 5.91 Å². The highest BCUT2D eigenvalue weighted by Gasteiger charge is 2.12. The summed E-state index contributed by atoms with van der Waals surface area (Å²) in [7, 11) is 0. The largest absolute Gasteiger partial charge is 0.346 e. The summed E-state index contributed by atoms with van der Waals surface area (Å²) in [6.45, 7) is 3.35. The SMILES string of the molecule is CC=CC(=O)NC(C)c1ccc(F)cc1F. The van der Waals surface area contributed by atoms with Crippen molar-refractivity contribution in [2.45, 2.75) is 19.9 Å². The van der Waals surface area contributed by atoms with Crippen LogP contribution in [0.1, 0.15) is 25.5 Å². The van der Waals surface area contributed by atoms with Crippen molar-refractivity contribution in [3.05, 3.63) is 47.5 Å². The molecule has 1 aromatic rings. The van der Waals surface area contributed by atoms with E-state index in [1.54, 1.807) is 19.9 Å². The maximum Gasteiger partial charge on any atom is 0.244 e. The smallest absolute Gasteiger partial charge is 0.244 e. The van der Waals surface area contributed by atoms with E-state index < -0.39 is 17.7 Å². The standard InChI is InChI=1S/C12H13F2NO/c1-3-4-12(16)15-8(2)10-6-5-9(13)7-11(10)14/h3-8H,1-2H3,(H,15,16). The zero-order valence-corrected chi connectivity index (χ0v) is 9.13. The normalized spacial score (nSPS) is 12.8. The quantitative estimate of drug-likeness (QED) is 0.787. The third-order valence-corrected chi connectivity index (χ3v) is 2.11. The van der Waals surface area contributed by atoms with E-state index >= 15 is 0 Å². The lowest BCUT2D eigenvalue weighted by Gasteiger charge is -2.13. The molecule has 0 aromatic heterocycles. The number of hydrogen-bond acceptors (Lipinski definition) is 1. The molecule has 1 unspecified atom stereocenters. The fourth-order valence-electron chi connectivity index (χ4n) is 1.34. The Kier molecular flexibility index (Phi) is 4.17. The number of halogens is 2. The minimum Gasteiger partial charge on any atom is -0.346 e. The number of allylic oxidation sites excluding steroid dienone is 1. The van der Waals surface area contributed by atoms with Gasteiger partial charge in [-0.1, -0.05) is 12.1 Å². The minimum absolute atomic E-state index is 0.263. The van der Waals surface area contributed by atoms with Crippen LogP contribution in [0.4, 0.5) is 8.78 Å². The van der Waals surface area contributed by atoms with Crippen molar-refractivity contribution < 1.29 is 13.6 Å². The van der Waals surface area contributed by atoms with E-state index in [0.29, 0.717) is 0 Å². The van der Waals surface area contributed by atoms with Crippen LogP contribution in [0.5, 0.6) is 0 Å². The number of carbonyl (C=O) groups is 1. The summed E-state index contributed by atoms with van der Waals surface area (Å²) in [5.41, 5.74) is 0.263. The Balaban J connectivity index is 2.80. The second-order valence-corrected chi connectivity index (χ2v) is 3.40. The lowest BCUT2D eigenvalue weighted by molar-refractivity contribution is -0.117. The zero-order valence-electron chi connectivity index (χ0n) is 9.13. The number of benzene rings is 1. The summed E-state index contributed by atoms with van der Waals surface area (Å²) in [5.74, 6) is -1.60. The van der Waals surface area contributed by atoms with Gasteiger partial charge in [-0.25, -0.2) is 8.78 Å². The van der Waals surface area contributed by atoms with Gasteiger partial charge in [-0.05, 0) is 26.0 Å². The second-order valence-electron chi connectivity index (χ2n) is 3.40. The van der Waals surface area contributed by atoms with E-state index in [2.05, 4.69) is 5.32 Å². The van der Waals surface area contributed by atoms with Gasteiger partial charge in [-0.2, -0.15) is 0 Å². The van der Waals surface area contributed by atoms with Crippen molar-refractivity contribution in [1.29, 1.82) is 0 Å². The summed E-state index contributed by atoms with van der Waals surface area (Å²) < 4.78 is 26.0. The fourth-order valence-corrected chi connectivity index (χ4v) is 1.34. The molecule has 16 heavy (non-hydrogen) atoms. The summed E-state index contributed by atoms with van der Waals surface area (Å²) >= 11 is 0. The summed E-state index contributed by atoms with van der Waals surface area (Å²) in [5, 5.41) is 2.57. The van der Waals surface area contributed by atoms with Crippen LogP contribution >= 0.6 is 0 Å². The molecule has 0 saturated heterocycles. The molecule has 86 valence electrons. The average Bonchev–Trinajstić information content (AvgIpc) is 2.17. The first-order valence-electron chi connectivity index (χ1n) is 4.92. The highest BCUT2D eigenvalue weighted by Crippen LogP contribution is 2.17. The number of rotatable bonds is 3. The maximum absolute atomic E-state index is 13.3. The first-order chi connectivity index (χ1) is 7.54. The minimum atomic E-state index is -0.659. The van der Waals surface area contributed by atoms with Gasteiger partial charge in [0.25, 0.3) is 0 Å². The van der Waals surface area contributed by atoms with E-state index in [9.17, 15) is 13.6 Å². The van der Waals surface area contributed by atoms with Crippen molar-refractivity contribution in [2.75, 3.05) is 0 Å². The van der Waals surface area contributed by atoms with Gasteiger partial charge in [-0.15, -0.1) is 0 Å².